The largest absolute Gasteiger partial charge is 0.349 e. The summed E-state index contributed by atoms with van der Waals surface area (Å²) < 4.78 is 1.78. The van der Waals surface area contributed by atoms with Crippen LogP contribution in [0.2, 0.25) is 0 Å². The number of carbonyl (C=O) groups excluding carboxylic acids is 1. The fourth-order valence-electron chi connectivity index (χ4n) is 4.28. The van der Waals surface area contributed by atoms with Crippen LogP contribution in [0.15, 0.2) is 30.7 Å². The zero-order chi connectivity index (χ0) is 17.2. The molecule has 132 valence electrons. The molecule has 1 saturated heterocycles. The van der Waals surface area contributed by atoms with Crippen molar-refractivity contribution in [2.75, 3.05) is 4.90 Å². The van der Waals surface area contributed by atoms with E-state index in [2.05, 4.69) is 25.3 Å². The highest BCUT2D eigenvalue weighted by molar-refractivity contribution is 5.85. The third kappa shape index (κ3) is 3.10. The molecule has 7 heteroatoms. The Labute approximate surface area is 147 Å². The molecule has 0 unspecified atom stereocenters. The lowest BCUT2D eigenvalue weighted by Gasteiger charge is -2.33. The van der Waals surface area contributed by atoms with Gasteiger partial charge in [-0.05, 0) is 37.3 Å². The molecule has 0 aromatic carbocycles. The average Bonchev–Trinajstić information content (AvgIpc) is 3.23. The first kappa shape index (κ1) is 16.1. The number of hydrogen-bond donors (Lipinski definition) is 1. The molecule has 25 heavy (non-hydrogen) atoms. The van der Waals surface area contributed by atoms with Crippen LogP contribution in [0.25, 0.3) is 0 Å². The number of amides is 1. The normalized spacial score (nSPS) is 25.6. The molecule has 1 aliphatic carbocycles. The molecule has 1 N–H and O–H groups in total. The van der Waals surface area contributed by atoms with Crippen molar-refractivity contribution in [3.63, 3.8) is 0 Å². The van der Waals surface area contributed by atoms with E-state index in [0.29, 0.717) is 24.5 Å². The Morgan fingerprint density at radius 3 is 2.80 bits per heavy atom. The Balaban J connectivity index is 1.53. The summed E-state index contributed by atoms with van der Waals surface area (Å²) in [5.74, 6) is 1.30. The first-order valence-electron chi connectivity index (χ1n) is 9.04. The highest BCUT2D eigenvalue weighted by Gasteiger charge is 2.46. The molecule has 2 aromatic heterocycles. The van der Waals surface area contributed by atoms with Gasteiger partial charge in [0, 0.05) is 31.7 Å². The SMILES string of the molecule is Cn1nccc1CNC(=O)[C@@H]1C[C@H]2CCCC[C@H]2N1c1ncccn1. The van der Waals surface area contributed by atoms with E-state index in [1.54, 1.807) is 23.3 Å². The van der Waals surface area contributed by atoms with Gasteiger partial charge in [0.1, 0.15) is 6.04 Å². The monoisotopic (exact) mass is 340 g/mol. The van der Waals surface area contributed by atoms with Crippen molar-refractivity contribution in [1.82, 2.24) is 25.1 Å². The Bertz CT molecular complexity index is 730. The highest BCUT2D eigenvalue weighted by Crippen LogP contribution is 2.41. The number of nitrogens with zero attached hydrogens (tertiary/aromatic N) is 5. The van der Waals surface area contributed by atoms with E-state index in [0.717, 1.165) is 18.5 Å². The van der Waals surface area contributed by atoms with Crippen molar-refractivity contribution in [3.8, 4) is 0 Å². The second kappa shape index (κ2) is 6.82. The zero-order valence-electron chi connectivity index (χ0n) is 14.5. The van der Waals surface area contributed by atoms with Crippen molar-refractivity contribution in [2.24, 2.45) is 13.0 Å². The van der Waals surface area contributed by atoms with Crippen LogP contribution in [-0.2, 0) is 18.4 Å². The van der Waals surface area contributed by atoms with Crippen molar-refractivity contribution in [1.29, 1.82) is 0 Å². The van der Waals surface area contributed by atoms with Crippen LogP contribution in [0.5, 0.6) is 0 Å². The van der Waals surface area contributed by atoms with E-state index < -0.39 is 0 Å². The summed E-state index contributed by atoms with van der Waals surface area (Å²) >= 11 is 0. The van der Waals surface area contributed by atoms with Crippen molar-refractivity contribution >= 4 is 11.9 Å². The first-order chi connectivity index (χ1) is 12.2. The third-order valence-electron chi connectivity index (χ3n) is 5.54. The number of carbonyl (C=O) groups is 1. The van der Waals surface area contributed by atoms with E-state index >= 15 is 0 Å². The lowest BCUT2D eigenvalue weighted by molar-refractivity contribution is -0.122. The van der Waals surface area contributed by atoms with Crippen LogP contribution in [0, 0.1) is 5.92 Å². The molecule has 2 fully saturated rings. The van der Waals surface area contributed by atoms with Gasteiger partial charge in [-0.25, -0.2) is 9.97 Å². The van der Waals surface area contributed by atoms with Gasteiger partial charge in [0.15, 0.2) is 0 Å². The molecular weight excluding hydrogens is 316 g/mol. The number of nitrogens with one attached hydrogen (secondary N) is 1. The third-order valence-corrected chi connectivity index (χ3v) is 5.54. The maximum Gasteiger partial charge on any atom is 0.243 e. The maximum atomic E-state index is 12.9. The summed E-state index contributed by atoms with van der Waals surface area (Å²) in [5.41, 5.74) is 0.992. The topological polar surface area (TPSA) is 75.9 Å². The number of anilines is 1. The van der Waals surface area contributed by atoms with Gasteiger partial charge < -0.3 is 10.2 Å². The van der Waals surface area contributed by atoms with Crippen LogP contribution >= 0.6 is 0 Å². The minimum Gasteiger partial charge on any atom is -0.349 e. The first-order valence-corrected chi connectivity index (χ1v) is 9.04. The lowest BCUT2D eigenvalue weighted by atomic mass is 9.85. The number of aromatic nitrogens is 4. The molecule has 0 bridgehead atoms. The summed E-state index contributed by atoms with van der Waals surface area (Å²) in [6.07, 6.45) is 10.9. The van der Waals surface area contributed by atoms with Gasteiger partial charge >= 0.3 is 0 Å². The molecule has 1 saturated carbocycles. The van der Waals surface area contributed by atoms with Gasteiger partial charge in [0.25, 0.3) is 0 Å². The highest BCUT2D eigenvalue weighted by atomic mass is 16.2. The molecule has 2 aliphatic rings. The molecule has 0 spiro atoms. The summed E-state index contributed by atoms with van der Waals surface area (Å²) in [4.78, 5) is 24.0. The smallest absolute Gasteiger partial charge is 0.243 e. The summed E-state index contributed by atoms with van der Waals surface area (Å²) in [6.45, 7) is 0.491. The Kier molecular flexibility index (Phi) is 4.38. The minimum absolute atomic E-state index is 0.0584. The predicted molar refractivity (Wildman–Crippen MR) is 93.7 cm³/mol. The van der Waals surface area contributed by atoms with Gasteiger partial charge in [-0.2, -0.15) is 5.10 Å². The molecule has 0 radical (unpaired) electrons. The summed E-state index contributed by atoms with van der Waals surface area (Å²) in [6, 6.07) is 3.93. The Morgan fingerprint density at radius 1 is 1.24 bits per heavy atom. The minimum atomic E-state index is -0.191. The van der Waals surface area contributed by atoms with Crippen LogP contribution in [0.4, 0.5) is 5.95 Å². The van der Waals surface area contributed by atoms with Gasteiger partial charge in [-0.1, -0.05) is 12.8 Å². The lowest BCUT2D eigenvalue weighted by Crippen LogP contribution is -2.47. The molecule has 7 nitrogen and oxygen atoms in total. The quantitative estimate of drug-likeness (QED) is 0.916. The number of fused-ring (bicyclic) bond motifs is 1. The molecular formula is C18H24N6O. The summed E-state index contributed by atoms with van der Waals surface area (Å²) in [7, 11) is 1.88. The zero-order valence-corrected chi connectivity index (χ0v) is 14.5. The number of aryl methyl sites for hydroxylation is 1. The van der Waals surface area contributed by atoms with Crippen molar-refractivity contribution < 1.29 is 4.79 Å². The standard InChI is InChI=1S/C18H24N6O/c1-23-14(7-10-22-23)12-21-17(25)16-11-13-5-2-3-6-15(13)24(16)18-19-8-4-9-20-18/h4,7-10,13,15-16H,2-3,5-6,11-12H2,1H3,(H,21,25)/t13-,15-,16+/m1/s1. The van der Waals surface area contributed by atoms with Gasteiger partial charge in [0.05, 0.1) is 12.2 Å². The fourth-order valence-corrected chi connectivity index (χ4v) is 4.28. The Hall–Kier alpha value is -2.44. The van der Waals surface area contributed by atoms with E-state index in [1.165, 1.54) is 19.3 Å². The maximum absolute atomic E-state index is 12.9. The Morgan fingerprint density at radius 2 is 2.04 bits per heavy atom. The van der Waals surface area contributed by atoms with Gasteiger partial charge in [-0.3, -0.25) is 9.48 Å². The molecule has 4 rings (SSSR count). The molecule has 1 amide bonds. The average molecular weight is 340 g/mol. The van der Waals surface area contributed by atoms with Crippen LogP contribution in [0.1, 0.15) is 37.8 Å². The second-order valence-electron chi connectivity index (χ2n) is 6.98. The molecule has 3 heterocycles. The van der Waals surface area contributed by atoms with Gasteiger partial charge in [0.2, 0.25) is 11.9 Å². The van der Waals surface area contributed by atoms with Crippen LogP contribution in [0.3, 0.4) is 0 Å². The van der Waals surface area contributed by atoms with E-state index in [-0.39, 0.29) is 11.9 Å². The fraction of sp³-hybridized carbons (Fsp3) is 0.556. The molecule has 3 atom stereocenters. The molecule has 2 aromatic rings. The predicted octanol–water partition coefficient (Wildman–Crippen LogP) is 1.66. The number of rotatable bonds is 4. The van der Waals surface area contributed by atoms with Crippen molar-refractivity contribution in [2.45, 2.75) is 50.7 Å². The van der Waals surface area contributed by atoms with E-state index in [4.69, 9.17) is 0 Å². The van der Waals surface area contributed by atoms with E-state index in [1.807, 2.05) is 19.2 Å². The van der Waals surface area contributed by atoms with Crippen LogP contribution in [-0.4, -0.2) is 37.7 Å². The van der Waals surface area contributed by atoms with Gasteiger partial charge in [-0.15, -0.1) is 0 Å². The van der Waals surface area contributed by atoms with Crippen molar-refractivity contribution in [3.05, 3.63) is 36.4 Å². The van der Waals surface area contributed by atoms with E-state index in [9.17, 15) is 4.79 Å². The number of hydrogen-bond acceptors (Lipinski definition) is 5. The second-order valence-corrected chi connectivity index (χ2v) is 6.98. The summed E-state index contributed by atoms with van der Waals surface area (Å²) in [5, 5.41) is 7.23. The molecule has 1 aliphatic heterocycles. The van der Waals surface area contributed by atoms with Crippen LogP contribution < -0.4 is 10.2 Å².